The highest BCUT2D eigenvalue weighted by atomic mass is 31.1. The molecular formula is C22H37NO5P+. The fourth-order valence-electron chi connectivity index (χ4n) is 2.05. The molecule has 7 heteroatoms. The molecule has 0 spiro atoms. The standard InChI is InChI=1S/C20H30O2.C2H6NO3P/c1-2-3-4-5-6-7-8-9-10-11-12-13-14-15-16-17-18-19-20(21)22;3-1-2-6-7(4)5/h10-19H,2-9H2,1H3,(H,21,22);1-3H2/p+1. The normalized spacial score (nSPS) is 12.4. The van der Waals surface area contributed by atoms with E-state index in [1.807, 2.05) is 24.3 Å². The number of hydrogen-bond acceptors (Lipinski definition) is 4. The van der Waals surface area contributed by atoms with Gasteiger partial charge in [-0.05, 0) is 12.8 Å². The SMILES string of the molecule is CCCCCCCCCC=CC=CC=CC=CC=CC(=O)O.NCCO[P+](=O)O. The molecule has 0 amide bonds. The summed E-state index contributed by atoms with van der Waals surface area (Å²) < 4.78 is 13.8. The van der Waals surface area contributed by atoms with E-state index in [2.05, 4.69) is 23.6 Å². The Morgan fingerprint density at radius 3 is 1.90 bits per heavy atom. The van der Waals surface area contributed by atoms with Crippen molar-refractivity contribution in [3.05, 3.63) is 60.8 Å². The molecule has 4 N–H and O–H groups in total. The number of allylic oxidation sites excluding steroid dienone is 9. The highest BCUT2D eigenvalue weighted by Crippen LogP contribution is 2.12. The van der Waals surface area contributed by atoms with Crippen molar-refractivity contribution in [3.63, 3.8) is 0 Å². The molecule has 0 rings (SSSR count). The highest BCUT2D eigenvalue weighted by molar-refractivity contribution is 7.32. The molecule has 0 saturated heterocycles. The van der Waals surface area contributed by atoms with Crippen LogP contribution in [-0.4, -0.2) is 29.1 Å². The van der Waals surface area contributed by atoms with Crippen LogP contribution in [0.2, 0.25) is 0 Å². The van der Waals surface area contributed by atoms with E-state index in [4.69, 9.17) is 15.7 Å². The van der Waals surface area contributed by atoms with Gasteiger partial charge in [-0.1, -0.05) is 100 Å². The molecule has 164 valence electrons. The number of hydrogen-bond donors (Lipinski definition) is 3. The number of rotatable bonds is 16. The topological polar surface area (TPSA) is 110 Å². The molecule has 0 aromatic rings. The number of carbonyl (C=O) groups is 1. The summed E-state index contributed by atoms with van der Waals surface area (Å²) >= 11 is 0. The van der Waals surface area contributed by atoms with Gasteiger partial charge in [-0.3, -0.25) is 0 Å². The quantitative estimate of drug-likeness (QED) is 0.128. The van der Waals surface area contributed by atoms with Crippen molar-refractivity contribution in [1.82, 2.24) is 0 Å². The summed E-state index contributed by atoms with van der Waals surface area (Å²) in [5.74, 6) is -0.931. The fraction of sp³-hybridized carbons (Fsp3) is 0.500. The molecule has 0 heterocycles. The van der Waals surface area contributed by atoms with Crippen molar-refractivity contribution >= 4 is 14.2 Å². The van der Waals surface area contributed by atoms with Crippen molar-refractivity contribution < 1.29 is 23.9 Å². The van der Waals surface area contributed by atoms with Gasteiger partial charge in [0, 0.05) is 17.2 Å². The van der Waals surface area contributed by atoms with Crippen LogP contribution in [0.1, 0.15) is 58.3 Å². The molecule has 1 atom stereocenters. The van der Waals surface area contributed by atoms with E-state index in [-0.39, 0.29) is 13.2 Å². The lowest BCUT2D eigenvalue weighted by Crippen LogP contribution is -2.04. The van der Waals surface area contributed by atoms with E-state index in [1.54, 1.807) is 12.2 Å². The average Bonchev–Trinajstić information content (AvgIpc) is 2.69. The molecule has 0 aliphatic rings. The first-order valence-corrected chi connectivity index (χ1v) is 11.2. The Morgan fingerprint density at radius 2 is 1.41 bits per heavy atom. The number of carboxylic acids is 1. The Morgan fingerprint density at radius 1 is 0.897 bits per heavy atom. The zero-order chi connectivity index (χ0) is 22.0. The largest absolute Gasteiger partial charge is 0.694 e. The molecule has 0 aromatic heterocycles. The minimum absolute atomic E-state index is 0.145. The van der Waals surface area contributed by atoms with Crippen LogP contribution >= 0.6 is 8.25 Å². The number of unbranched alkanes of at least 4 members (excludes halogenated alkanes) is 7. The van der Waals surface area contributed by atoms with Gasteiger partial charge >= 0.3 is 14.2 Å². The molecule has 0 aliphatic heterocycles. The van der Waals surface area contributed by atoms with Crippen molar-refractivity contribution in [3.8, 4) is 0 Å². The number of carboxylic acid groups (broad SMARTS) is 1. The minimum atomic E-state index is -2.44. The molecule has 0 bridgehead atoms. The van der Waals surface area contributed by atoms with E-state index in [1.165, 1.54) is 51.0 Å². The zero-order valence-corrected chi connectivity index (χ0v) is 18.4. The molecule has 1 unspecified atom stereocenters. The van der Waals surface area contributed by atoms with Crippen LogP contribution < -0.4 is 5.73 Å². The maximum atomic E-state index is 10.2. The fourth-order valence-corrected chi connectivity index (χ4v) is 2.31. The third-order valence-corrected chi connectivity index (χ3v) is 3.85. The first-order chi connectivity index (χ1) is 14.0. The summed E-state index contributed by atoms with van der Waals surface area (Å²) in [6.07, 6.45) is 28.8. The summed E-state index contributed by atoms with van der Waals surface area (Å²) in [6.45, 7) is 2.67. The molecule has 0 fully saturated rings. The monoisotopic (exact) mass is 426 g/mol. The molecular weight excluding hydrogens is 389 g/mol. The van der Waals surface area contributed by atoms with Gasteiger partial charge in [-0.15, -0.1) is 9.42 Å². The Balaban J connectivity index is 0. The van der Waals surface area contributed by atoms with Crippen LogP contribution in [0.3, 0.4) is 0 Å². The average molecular weight is 427 g/mol. The van der Waals surface area contributed by atoms with E-state index >= 15 is 0 Å². The maximum Gasteiger partial charge on any atom is 0.694 e. The second kappa shape index (κ2) is 26.1. The van der Waals surface area contributed by atoms with Crippen LogP contribution in [0, 0.1) is 0 Å². The second-order valence-corrected chi connectivity index (χ2v) is 6.78. The van der Waals surface area contributed by atoms with Gasteiger partial charge in [0.25, 0.3) is 0 Å². The van der Waals surface area contributed by atoms with Gasteiger partial charge in [-0.25, -0.2) is 4.79 Å². The van der Waals surface area contributed by atoms with Gasteiger partial charge in [0.15, 0.2) is 0 Å². The Labute approximate surface area is 176 Å². The maximum absolute atomic E-state index is 10.2. The van der Waals surface area contributed by atoms with Gasteiger partial charge in [0.05, 0.1) is 0 Å². The molecule has 0 saturated carbocycles. The summed E-state index contributed by atoms with van der Waals surface area (Å²) in [5, 5.41) is 8.38. The summed E-state index contributed by atoms with van der Waals surface area (Å²) in [5.41, 5.74) is 4.91. The highest BCUT2D eigenvalue weighted by Gasteiger charge is 2.08. The van der Waals surface area contributed by atoms with Crippen LogP contribution in [0.4, 0.5) is 0 Å². The summed E-state index contributed by atoms with van der Waals surface area (Å²) in [4.78, 5) is 18.1. The summed E-state index contributed by atoms with van der Waals surface area (Å²) in [6, 6.07) is 0. The lowest BCUT2D eigenvalue weighted by atomic mass is 10.1. The summed E-state index contributed by atoms with van der Waals surface area (Å²) in [7, 11) is -2.44. The van der Waals surface area contributed by atoms with Crippen LogP contribution in [0.5, 0.6) is 0 Å². The first kappa shape index (κ1) is 29.4. The van der Waals surface area contributed by atoms with E-state index in [0.29, 0.717) is 0 Å². The molecule has 0 aromatic carbocycles. The van der Waals surface area contributed by atoms with Crippen molar-refractivity contribution in [1.29, 1.82) is 0 Å². The number of nitrogens with two attached hydrogens (primary N) is 1. The van der Waals surface area contributed by atoms with E-state index < -0.39 is 14.2 Å². The minimum Gasteiger partial charge on any atom is -0.478 e. The van der Waals surface area contributed by atoms with E-state index in [9.17, 15) is 9.36 Å². The third-order valence-electron chi connectivity index (χ3n) is 3.45. The van der Waals surface area contributed by atoms with Gasteiger partial charge in [0.1, 0.15) is 6.61 Å². The third kappa shape index (κ3) is 34.1. The van der Waals surface area contributed by atoms with Crippen LogP contribution in [-0.2, 0) is 13.9 Å². The first-order valence-electron chi connectivity index (χ1n) is 10.1. The van der Waals surface area contributed by atoms with Gasteiger partial charge in [-0.2, -0.15) is 0 Å². The zero-order valence-electron chi connectivity index (χ0n) is 17.5. The molecule has 6 nitrogen and oxygen atoms in total. The predicted molar refractivity (Wildman–Crippen MR) is 121 cm³/mol. The van der Waals surface area contributed by atoms with Crippen molar-refractivity contribution in [2.45, 2.75) is 58.3 Å². The lowest BCUT2D eigenvalue weighted by Gasteiger charge is -1.98. The molecule has 29 heavy (non-hydrogen) atoms. The van der Waals surface area contributed by atoms with Crippen molar-refractivity contribution in [2.24, 2.45) is 5.73 Å². The Hall–Kier alpha value is -1.85. The molecule has 0 aliphatic carbocycles. The Kier molecular flexibility index (Phi) is 26.5. The lowest BCUT2D eigenvalue weighted by molar-refractivity contribution is -0.131. The van der Waals surface area contributed by atoms with E-state index in [0.717, 1.165) is 12.5 Å². The smallest absolute Gasteiger partial charge is 0.478 e. The second-order valence-electron chi connectivity index (χ2n) is 6.05. The van der Waals surface area contributed by atoms with Crippen LogP contribution in [0.25, 0.3) is 0 Å². The van der Waals surface area contributed by atoms with Gasteiger partial charge in [0.2, 0.25) is 0 Å². The number of aliphatic carboxylic acids is 1. The van der Waals surface area contributed by atoms with Gasteiger partial charge < -0.3 is 10.8 Å². The van der Waals surface area contributed by atoms with Crippen LogP contribution in [0.15, 0.2) is 60.8 Å². The van der Waals surface area contributed by atoms with Crippen molar-refractivity contribution in [2.75, 3.05) is 13.2 Å². The predicted octanol–water partition coefficient (Wildman–Crippen LogP) is 5.60. The Bertz CT molecular complexity index is 539. The molecule has 0 radical (unpaired) electrons.